The number of esters is 3. The van der Waals surface area contributed by atoms with E-state index < -0.39 is 6.10 Å². The highest BCUT2D eigenvalue weighted by Crippen LogP contribution is 2.18. The monoisotopic (exact) mass is 1160 g/mol. The second-order valence-corrected chi connectivity index (χ2v) is 24.9. The molecule has 0 saturated carbocycles. The molecule has 0 aliphatic rings. The first kappa shape index (κ1) is 80.1. The van der Waals surface area contributed by atoms with Crippen molar-refractivity contribution in [2.45, 2.75) is 399 Å². The highest BCUT2D eigenvalue weighted by molar-refractivity contribution is 5.71. The first-order valence-electron chi connectivity index (χ1n) is 36.8. The van der Waals surface area contributed by atoms with E-state index in [0.717, 1.165) is 89.9 Å². The fourth-order valence-corrected chi connectivity index (χ4v) is 11.0. The summed E-state index contributed by atoms with van der Waals surface area (Å²) in [5, 5.41) is 0. The van der Waals surface area contributed by atoms with Crippen LogP contribution in [0.25, 0.3) is 0 Å². The Kier molecular flexibility index (Phi) is 69.1. The Morgan fingerprint density at radius 1 is 0.241 bits per heavy atom. The molecule has 0 aromatic heterocycles. The van der Waals surface area contributed by atoms with E-state index in [4.69, 9.17) is 14.2 Å². The van der Waals surface area contributed by atoms with Gasteiger partial charge in [0.25, 0.3) is 0 Å². The maximum absolute atomic E-state index is 13.0. The number of carbonyl (C=O) groups excluding carboxylic acids is 3. The van der Waals surface area contributed by atoms with Crippen molar-refractivity contribution < 1.29 is 28.6 Å². The summed E-state index contributed by atoms with van der Waals surface area (Å²) in [5.41, 5.74) is 0. The number of ether oxygens (including phenoxy) is 3. The van der Waals surface area contributed by atoms with Gasteiger partial charge in [-0.05, 0) is 89.9 Å². The molecule has 0 radical (unpaired) electrons. The van der Waals surface area contributed by atoms with Crippen LogP contribution in [0.3, 0.4) is 0 Å². The van der Waals surface area contributed by atoms with Crippen LogP contribution in [0.5, 0.6) is 0 Å². The molecule has 0 N–H and O–H groups in total. The van der Waals surface area contributed by atoms with Gasteiger partial charge in [0, 0.05) is 19.3 Å². The largest absolute Gasteiger partial charge is 0.462 e. The molecule has 6 nitrogen and oxygen atoms in total. The molecule has 0 saturated heterocycles. The minimum atomic E-state index is -0.782. The Morgan fingerprint density at radius 2 is 0.434 bits per heavy atom. The van der Waals surface area contributed by atoms with E-state index in [1.54, 1.807) is 0 Å². The van der Waals surface area contributed by atoms with Crippen LogP contribution in [0.2, 0.25) is 0 Å². The van der Waals surface area contributed by atoms with Gasteiger partial charge in [-0.1, -0.05) is 345 Å². The number of rotatable bonds is 68. The Morgan fingerprint density at radius 3 is 0.687 bits per heavy atom. The fourth-order valence-electron chi connectivity index (χ4n) is 11.0. The molecule has 6 heteroatoms. The molecule has 484 valence electrons. The standard InChI is InChI=1S/C77H140O6/c1-4-7-10-13-16-19-22-25-28-31-33-35-37-39-41-42-44-46-49-52-55-58-61-64-67-70-76(79)82-73-74(72-81-75(78)69-66-63-60-57-54-51-48-30-27-24-21-18-15-12-9-6-3)83-77(80)71-68-65-62-59-56-53-50-47-45-43-40-38-36-34-32-29-26-23-20-17-14-11-8-5-2/h21-22,24-25,30-31,33,37,39,48,74H,4-20,23,26-29,32,34-36,38,40-47,49-73H2,1-3H3/b24-21-,25-22-,33-31-,39-37-,48-30-. The Balaban J connectivity index is 4.31. The lowest BCUT2D eigenvalue weighted by molar-refractivity contribution is -0.167. The van der Waals surface area contributed by atoms with E-state index >= 15 is 0 Å². The third-order valence-electron chi connectivity index (χ3n) is 16.5. The summed E-state index contributed by atoms with van der Waals surface area (Å²) in [6, 6.07) is 0. The van der Waals surface area contributed by atoms with Gasteiger partial charge in [-0.25, -0.2) is 0 Å². The fraction of sp³-hybridized carbons (Fsp3) is 0.831. The summed E-state index contributed by atoms with van der Waals surface area (Å²) in [4.78, 5) is 38.5. The summed E-state index contributed by atoms with van der Waals surface area (Å²) in [5.74, 6) is -0.868. The van der Waals surface area contributed by atoms with Crippen molar-refractivity contribution in [1.29, 1.82) is 0 Å². The molecule has 1 unspecified atom stereocenters. The van der Waals surface area contributed by atoms with Gasteiger partial charge in [0.15, 0.2) is 6.10 Å². The summed E-state index contributed by atoms with van der Waals surface area (Å²) in [6.07, 6.45) is 92.5. The van der Waals surface area contributed by atoms with Gasteiger partial charge in [0.2, 0.25) is 0 Å². The zero-order valence-electron chi connectivity index (χ0n) is 55.7. The predicted octanol–water partition coefficient (Wildman–Crippen LogP) is 25.5. The first-order valence-corrected chi connectivity index (χ1v) is 36.8. The SMILES string of the molecule is CCCCCC/C=C\C/C=C\CCCCCCCC(=O)OCC(COC(=O)CCCCCCCCCCCC/C=C\C/C=C\C/C=C\CCCCCCC)OC(=O)CCCCCCCCCCCCCCCCCCCCCCCCCC. The van der Waals surface area contributed by atoms with Crippen molar-refractivity contribution in [2.24, 2.45) is 0 Å². The summed E-state index contributed by atoms with van der Waals surface area (Å²) in [6.45, 7) is 6.67. The Bertz CT molecular complexity index is 1470. The van der Waals surface area contributed by atoms with Gasteiger partial charge in [0.05, 0.1) is 0 Å². The van der Waals surface area contributed by atoms with Crippen molar-refractivity contribution in [2.75, 3.05) is 13.2 Å². The molecule has 0 heterocycles. The normalized spacial score (nSPS) is 12.4. The lowest BCUT2D eigenvalue weighted by atomic mass is 10.0. The van der Waals surface area contributed by atoms with Crippen LogP contribution < -0.4 is 0 Å². The van der Waals surface area contributed by atoms with E-state index in [1.807, 2.05) is 0 Å². The molecule has 0 spiro atoms. The number of unbranched alkanes of at least 4 members (excludes halogenated alkanes) is 47. The average molecular weight is 1160 g/mol. The van der Waals surface area contributed by atoms with Crippen LogP contribution in [0, 0.1) is 0 Å². The molecule has 0 aliphatic heterocycles. The molecule has 1 atom stereocenters. The van der Waals surface area contributed by atoms with Crippen molar-refractivity contribution in [3.8, 4) is 0 Å². The Labute approximate surface area is 517 Å². The molecule has 83 heavy (non-hydrogen) atoms. The molecule has 0 aliphatic carbocycles. The van der Waals surface area contributed by atoms with Crippen LogP contribution in [0.15, 0.2) is 60.8 Å². The maximum atomic E-state index is 13.0. The number of hydrogen-bond acceptors (Lipinski definition) is 6. The van der Waals surface area contributed by atoms with Gasteiger partial charge < -0.3 is 14.2 Å². The van der Waals surface area contributed by atoms with Crippen LogP contribution >= 0.6 is 0 Å². The van der Waals surface area contributed by atoms with Crippen molar-refractivity contribution in [1.82, 2.24) is 0 Å². The molecule has 0 bridgehead atoms. The lowest BCUT2D eigenvalue weighted by Crippen LogP contribution is -2.30. The molecule has 0 aromatic rings. The van der Waals surface area contributed by atoms with Crippen LogP contribution in [0.4, 0.5) is 0 Å². The van der Waals surface area contributed by atoms with Crippen molar-refractivity contribution in [3.63, 3.8) is 0 Å². The van der Waals surface area contributed by atoms with E-state index in [9.17, 15) is 14.4 Å². The molecular weight excluding hydrogens is 1020 g/mol. The van der Waals surface area contributed by atoms with Gasteiger partial charge in [-0.15, -0.1) is 0 Å². The van der Waals surface area contributed by atoms with E-state index in [0.29, 0.717) is 19.3 Å². The number of carbonyl (C=O) groups is 3. The van der Waals surface area contributed by atoms with E-state index in [-0.39, 0.29) is 31.1 Å². The second kappa shape index (κ2) is 71.6. The summed E-state index contributed by atoms with van der Waals surface area (Å²) in [7, 11) is 0. The molecular formula is C77H140O6. The minimum absolute atomic E-state index is 0.0772. The van der Waals surface area contributed by atoms with Crippen LogP contribution in [-0.4, -0.2) is 37.2 Å². The first-order chi connectivity index (χ1) is 41.0. The molecule has 0 amide bonds. The maximum Gasteiger partial charge on any atom is 0.306 e. The minimum Gasteiger partial charge on any atom is -0.462 e. The third-order valence-corrected chi connectivity index (χ3v) is 16.5. The topological polar surface area (TPSA) is 78.9 Å². The van der Waals surface area contributed by atoms with E-state index in [1.165, 1.54) is 263 Å². The highest BCUT2D eigenvalue weighted by Gasteiger charge is 2.19. The average Bonchev–Trinajstić information content (AvgIpc) is 3.50. The van der Waals surface area contributed by atoms with Crippen molar-refractivity contribution in [3.05, 3.63) is 60.8 Å². The zero-order chi connectivity index (χ0) is 59.9. The zero-order valence-corrected chi connectivity index (χ0v) is 55.7. The van der Waals surface area contributed by atoms with Crippen LogP contribution in [0.1, 0.15) is 393 Å². The second-order valence-electron chi connectivity index (χ2n) is 24.9. The molecule has 0 fully saturated rings. The molecule has 0 aromatic carbocycles. The summed E-state index contributed by atoms with van der Waals surface area (Å²) < 4.78 is 17.0. The molecule has 0 rings (SSSR count). The Hall–Kier alpha value is -2.89. The van der Waals surface area contributed by atoms with Gasteiger partial charge in [0.1, 0.15) is 13.2 Å². The number of allylic oxidation sites excluding steroid dienone is 10. The number of hydrogen-bond donors (Lipinski definition) is 0. The van der Waals surface area contributed by atoms with E-state index in [2.05, 4.69) is 81.5 Å². The smallest absolute Gasteiger partial charge is 0.306 e. The quantitative estimate of drug-likeness (QED) is 0.0261. The third kappa shape index (κ3) is 69.8. The van der Waals surface area contributed by atoms with Gasteiger partial charge in [-0.3, -0.25) is 14.4 Å². The van der Waals surface area contributed by atoms with Crippen molar-refractivity contribution >= 4 is 17.9 Å². The predicted molar refractivity (Wildman–Crippen MR) is 362 cm³/mol. The van der Waals surface area contributed by atoms with Gasteiger partial charge >= 0.3 is 17.9 Å². The highest BCUT2D eigenvalue weighted by atomic mass is 16.6. The van der Waals surface area contributed by atoms with Gasteiger partial charge in [-0.2, -0.15) is 0 Å². The van der Waals surface area contributed by atoms with Crippen LogP contribution in [-0.2, 0) is 28.6 Å². The lowest BCUT2D eigenvalue weighted by Gasteiger charge is -2.18. The summed E-state index contributed by atoms with van der Waals surface area (Å²) >= 11 is 0.